The summed E-state index contributed by atoms with van der Waals surface area (Å²) in [4.78, 5) is 16.1. The van der Waals surface area contributed by atoms with Crippen LogP contribution in [0.15, 0.2) is 49.4 Å². The molecule has 0 aliphatic rings. The predicted molar refractivity (Wildman–Crippen MR) is 99.2 cm³/mol. The van der Waals surface area contributed by atoms with Gasteiger partial charge in [-0.25, -0.2) is 14.3 Å². The predicted octanol–water partition coefficient (Wildman–Crippen LogP) is 3.38. The number of imidazole rings is 1. The molecule has 2 rings (SSSR count). The lowest BCUT2D eigenvalue weighted by Crippen LogP contribution is -2.29. The van der Waals surface area contributed by atoms with Crippen LogP contribution < -0.4 is 10.6 Å². The van der Waals surface area contributed by atoms with Crippen molar-refractivity contribution in [3.05, 3.63) is 55.1 Å². The van der Waals surface area contributed by atoms with Crippen molar-refractivity contribution in [3.63, 3.8) is 0 Å². The number of fused-ring (bicyclic) bond motifs is 1. The Kier molecular flexibility index (Phi) is 6.33. The Morgan fingerprint density at radius 1 is 1.44 bits per heavy atom. The van der Waals surface area contributed by atoms with Crippen LogP contribution in [-0.4, -0.2) is 34.3 Å². The topological polar surface area (TPSA) is 80.5 Å². The van der Waals surface area contributed by atoms with Crippen molar-refractivity contribution in [3.8, 4) is 0 Å². The Balaban J connectivity index is 2.18. The second-order valence-corrected chi connectivity index (χ2v) is 5.36. The number of amides is 2. The van der Waals surface area contributed by atoms with Gasteiger partial charge in [0.25, 0.3) is 0 Å². The number of hydrogen-bond donors (Lipinski definition) is 2. The molecule has 7 heteroatoms. The first-order valence-corrected chi connectivity index (χ1v) is 8.06. The molecule has 0 aliphatic heterocycles. The lowest BCUT2D eigenvalue weighted by molar-refractivity contribution is 0.252. The third-order valence-corrected chi connectivity index (χ3v) is 3.47. The van der Waals surface area contributed by atoms with Gasteiger partial charge in [0.15, 0.2) is 11.5 Å². The van der Waals surface area contributed by atoms with Crippen LogP contribution in [0.5, 0.6) is 0 Å². The molecule has 0 spiro atoms. The van der Waals surface area contributed by atoms with E-state index in [1.54, 1.807) is 30.0 Å². The molecule has 0 unspecified atom stereocenters. The zero-order valence-corrected chi connectivity index (χ0v) is 14.6. The number of urea groups is 1. The maximum Gasteiger partial charge on any atom is 0.320 e. The summed E-state index contributed by atoms with van der Waals surface area (Å²) in [5.41, 5.74) is 2.09. The lowest BCUT2D eigenvalue weighted by Gasteiger charge is -2.04. The highest BCUT2D eigenvalue weighted by Crippen LogP contribution is 2.17. The van der Waals surface area contributed by atoms with Crippen molar-refractivity contribution in [2.75, 3.05) is 19.0 Å². The van der Waals surface area contributed by atoms with Gasteiger partial charge in [-0.1, -0.05) is 32.6 Å². The van der Waals surface area contributed by atoms with Crippen LogP contribution in [0.3, 0.4) is 0 Å². The van der Waals surface area contributed by atoms with E-state index in [0.717, 1.165) is 18.4 Å². The maximum atomic E-state index is 11.8. The van der Waals surface area contributed by atoms with Crippen LogP contribution in [0.25, 0.3) is 11.2 Å². The van der Waals surface area contributed by atoms with Gasteiger partial charge in [0.2, 0.25) is 0 Å². The van der Waals surface area contributed by atoms with E-state index < -0.39 is 0 Å². The first kappa shape index (κ1) is 18.3. The van der Waals surface area contributed by atoms with Crippen molar-refractivity contribution < 1.29 is 9.53 Å². The monoisotopic (exact) mass is 341 g/mol. The molecule has 0 atom stereocenters. The van der Waals surface area contributed by atoms with Crippen LogP contribution in [0.4, 0.5) is 10.6 Å². The summed E-state index contributed by atoms with van der Waals surface area (Å²) in [5, 5.41) is 9.96. The first-order valence-electron chi connectivity index (χ1n) is 8.06. The number of carbonyl (C=O) groups excluding carboxylic acids is 1. The highest BCUT2D eigenvalue weighted by atomic mass is 16.5. The molecule has 2 N–H and O–H groups in total. The highest BCUT2D eigenvalue weighted by Gasteiger charge is 2.08. The van der Waals surface area contributed by atoms with E-state index in [9.17, 15) is 4.79 Å². The fourth-order valence-corrected chi connectivity index (χ4v) is 2.11. The van der Waals surface area contributed by atoms with Crippen LogP contribution in [0.2, 0.25) is 0 Å². The molecule has 7 nitrogen and oxygen atoms in total. The summed E-state index contributed by atoms with van der Waals surface area (Å²) in [6.45, 7) is 10.3. The highest BCUT2D eigenvalue weighted by molar-refractivity contribution is 5.88. The van der Waals surface area contributed by atoms with Crippen molar-refractivity contribution >= 4 is 23.1 Å². The summed E-state index contributed by atoms with van der Waals surface area (Å²) in [5.74, 6) is 0.942. The van der Waals surface area contributed by atoms with E-state index in [4.69, 9.17) is 4.74 Å². The summed E-state index contributed by atoms with van der Waals surface area (Å²) < 4.78 is 6.66. The van der Waals surface area contributed by atoms with Crippen molar-refractivity contribution in [1.82, 2.24) is 19.9 Å². The first-order chi connectivity index (χ1) is 12.1. The molecule has 2 amide bonds. The van der Waals surface area contributed by atoms with E-state index in [1.807, 2.05) is 12.1 Å². The van der Waals surface area contributed by atoms with E-state index in [0.29, 0.717) is 29.5 Å². The number of carbonyl (C=O) groups is 1. The van der Waals surface area contributed by atoms with E-state index in [2.05, 4.69) is 40.8 Å². The van der Waals surface area contributed by atoms with Crippen LogP contribution in [0, 0.1) is 0 Å². The van der Waals surface area contributed by atoms with Crippen molar-refractivity contribution in [2.24, 2.45) is 0 Å². The number of aromatic nitrogens is 3. The summed E-state index contributed by atoms with van der Waals surface area (Å²) in [7, 11) is 1.55. The molecule has 0 saturated heterocycles. The Morgan fingerprint density at radius 3 is 2.92 bits per heavy atom. The lowest BCUT2D eigenvalue weighted by atomic mass is 10.1. The van der Waals surface area contributed by atoms with Gasteiger partial charge >= 0.3 is 6.03 Å². The second kappa shape index (κ2) is 8.68. The van der Waals surface area contributed by atoms with Gasteiger partial charge in [0.1, 0.15) is 5.76 Å². The minimum Gasteiger partial charge on any atom is -0.497 e. The van der Waals surface area contributed by atoms with Crippen molar-refractivity contribution in [1.29, 1.82) is 0 Å². The Labute approximate surface area is 147 Å². The molecule has 0 saturated carbocycles. The number of hydrogen-bond acceptors (Lipinski definition) is 4. The number of nitrogens with zero attached hydrogens (tertiary/aromatic N) is 3. The smallest absolute Gasteiger partial charge is 0.320 e. The largest absolute Gasteiger partial charge is 0.497 e. The Bertz CT molecular complexity index is 807. The Morgan fingerprint density at radius 2 is 2.24 bits per heavy atom. The van der Waals surface area contributed by atoms with Crippen LogP contribution in [0.1, 0.15) is 25.5 Å². The van der Waals surface area contributed by atoms with Gasteiger partial charge in [0.05, 0.1) is 19.0 Å². The van der Waals surface area contributed by atoms with Gasteiger partial charge in [-0.15, -0.1) is 0 Å². The average Bonchev–Trinajstić information content (AvgIpc) is 3.00. The van der Waals surface area contributed by atoms with Gasteiger partial charge < -0.3 is 10.1 Å². The van der Waals surface area contributed by atoms with E-state index >= 15 is 0 Å². The molecule has 0 aliphatic carbocycles. The minimum absolute atomic E-state index is 0.278. The molecule has 0 radical (unpaired) electrons. The molecule has 0 bridgehead atoms. The quantitative estimate of drug-likeness (QED) is 0.438. The molecule has 132 valence electrons. The number of nitrogens with one attached hydrogen (secondary N) is 2. The van der Waals surface area contributed by atoms with E-state index in [-0.39, 0.29) is 6.03 Å². The third kappa shape index (κ3) is 4.94. The maximum absolute atomic E-state index is 11.8. The molecule has 2 aromatic heterocycles. The normalized spacial score (nSPS) is 11.2. The zero-order valence-electron chi connectivity index (χ0n) is 14.6. The third-order valence-electron chi connectivity index (χ3n) is 3.47. The number of ether oxygens (including phenoxy) is 1. The molecular formula is C18H23N5O2. The minimum atomic E-state index is -0.278. The number of rotatable bonds is 8. The van der Waals surface area contributed by atoms with Crippen LogP contribution >= 0.6 is 0 Å². The molecule has 2 aromatic rings. The molecule has 25 heavy (non-hydrogen) atoms. The number of unbranched alkanes of at least 4 members (excludes halogenated alkanes) is 1. The molecule has 0 aromatic carbocycles. The number of methoxy groups -OCH3 is 1. The number of allylic oxidation sites excluding steroid dienone is 3. The summed E-state index contributed by atoms with van der Waals surface area (Å²) in [6, 6.07) is 3.36. The summed E-state index contributed by atoms with van der Waals surface area (Å²) >= 11 is 0. The van der Waals surface area contributed by atoms with Crippen LogP contribution in [-0.2, 0) is 4.74 Å². The van der Waals surface area contributed by atoms with Gasteiger partial charge in [-0.3, -0.25) is 5.32 Å². The second-order valence-electron chi connectivity index (χ2n) is 5.36. The molecule has 2 heterocycles. The van der Waals surface area contributed by atoms with Gasteiger partial charge in [-0.2, -0.15) is 5.10 Å². The summed E-state index contributed by atoms with van der Waals surface area (Å²) in [6.07, 6.45) is 7.04. The van der Waals surface area contributed by atoms with Crippen molar-refractivity contribution in [2.45, 2.75) is 19.8 Å². The van der Waals surface area contributed by atoms with E-state index in [1.165, 1.54) is 0 Å². The van der Waals surface area contributed by atoms with Gasteiger partial charge in [0, 0.05) is 12.1 Å². The molecule has 0 fully saturated rings. The average molecular weight is 341 g/mol. The fraction of sp³-hybridized carbons (Fsp3) is 0.278. The SMILES string of the molecule is C=C/C(=C\C(=C)OC)c1ccc2nc(NC(=O)NCCCC)cn2n1. The zero-order chi connectivity index (χ0) is 18.2. The molecular weight excluding hydrogens is 318 g/mol. The standard InChI is InChI=1S/C18H23N5O2/c1-5-7-10-19-18(24)21-16-12-23-17(20-16)9-8-15(22-23)14(6-2)11-13(3)25-4/h6,8-9,11-12H,2-3,5,7,10H2,1,4H3,(H2,19,21,24)/b14-11+. The fourth-order valence-electron chi connectivity index (χ4n) is 2.11. The van der Waals surface area contributed by atoms with Gasteiger partial charge in [-0.05, 0) is 24.6 Å². The number of anilines is 1. The Hall–Kier alpha value is -3.09.